The largest absolute Gasteiger partial charge is 0.465 e. The van der Waals surface area contributed by atoms with Crippen LogP contribution in [0.25, 0.3) is 0 Å². The predicted molar refractivity (Wildman–Crippen MR) is 66.9 cm³/mol. The molecule has 0 radical (unpaired) electrons. The second kappa shape index (κ2) is 8.48. The average molecular weight is 243 g/mol. The fourth-order valence-electron chi connectivity index (χ4n) is 1.60. The molecule has 1 rings (SSSR count). The minimum atomic E-state index is -0.214. The summed E-state index contributed by atoms with van der Waals surface area (Å²) >= 11 is 0. The van der Waals surface area contributed by atoms with Gasteiger partial charge in [-0.25, -0.2) is 0 Å². The van der Waals surface area contributed by atoms with Crippen LogP contribution in [0, 0.1) is 5.92 Å². The Morgan fingerprint density at radius 2 is 2.18 bits per heavy atom. The van der Waals surface area contributed by atoms with Crippen molar-refractivity contribution < 1.29 is 14.3 Å². The van der Waals surface area contributed by atoms with E-state index in [1.54, 1.807) is 0 Å². The van der Waals surface area contributed by atoms with E-state index in [-0.39, 0.29) is 12.0 Å². The van der Waals surface area contributed by atoms with Gasteiger partial charge in [-0.1, -0.05) is 6.92 Å². The van der Waals surface area contributed by atoms with Gasteiger partial charge in [0.25, 0.3) is 0 Å². The normalized spacial score (nSPS) is 16.8. The standard InChI is InChI=1S/C13H25NO3/c1-3-8-14-12(13(15)17-4-2)7-9-16-10-11-5-6-11/h11-12,14H,3-10H2,1-2H3. The summed E-state index contributed by atoms with van der Waals surface area (Å²) < 4.78 is 10.6. The van der Waals surface area contributed by atoms with Gasteiger partial charge in [0.05, 0.1) is 6.61 Å². The van der Waals surface area contributed by atoms with E-state index in [0.717, 1.165) is 25.5 Å². The van der Waals surface area contributed by atoms with Crippen LogP contribution in [0.4, 0.5) is 0 Å². The molecule has 1 unspecified atom stereocenters. The van der Waals surface area contributed by atoms with Crippen molar-refractivity contribution >= 4 is 5.97 Å². The number of nitrogens with one attached hydrogen (secondary N) is 1. The lowest BCUT2D eigenvalue weighted by Crippen LogP contribution is -2.39. The molecule has 0 saturated heterocycles. The van der Waals surface area contributed by atoms with Crippen LogP contribution in [0.5, 0.6) is 0 Å². The summed E-state index contributed by atoms with van der Waals surface area (Å²) in [5, 5.41) is 3.20. The molecule has 100 valence electrons. The van der Waals surface area contributed by atoms with Gasteiger partial charge in [-0.3, -0.25) is 4.79 Å². The Balaban J connectivity index is 2.15. The maximum absolute atomic E-state index is 11.6. The van der Waals surface area contributed by atoms with E-state index in [1.807, 2.05) is 6.92 Å². The molecule has 0 aliphatic heterocycles. The van der Waals surface area contributed by atoms with E-state index in [0.29, 0.717) is 19.6 Å². The van der Waals surface area contributed by atoms with Crippen LogP contribution in [0.15, 0.2) is 0 Å². The van der Waals surface area contributed by atoms with Crippen LogP contribution in [-0.2, 0) is 14.3 Å². The van der Waals surface area contributed by atoms with Crippen LogP contribution in [-0.4, -0.2) is 38.4 Å². The Kier molecular flexibility index (Phi) is 7.21. The highest BCUT2D eigenvalue weighted by molar-refractivity contribution is 5.75. The first kappa shape index (κ1) is 14.5. The first-order valence-electron chi connectivity index (χ1n) is 6.75. The van der Waals surface area contributed by atoms with Gasteiger partial charge in [0.1, 0.15) is 6.04 Å². The number of carbonyl (C=O) groups excluding carboxylic acids is 1. The molecular formula is C13H25NO3. The van der Waals surface area contributed by atoms with Gasteiger partial charge >= 0.3 is 5.97 Å². The van der Waals surface area contributed by atoms with Crippen molar-refractivity contribution in [2.45, 2.75) is 45.6 Å². The van der Waals surface area contributed by atoms with E-state index in [2.05, 4.69) is 12.2 Å². The van der Waals surface area contributed by atoms with Gasteiger partial charge in [0, 0.05) is 13.2 Å². The topological polar surface area (TPSA) is 47.6 Å². The third-order valence-electron chi connectivity index (χ3n) is 2.81. The molecule has 17 heavy (non-hydrogen) atoms. The summed E-state index contributed by atoms with van der Waals surface area (Å²) in [5.74, 6) is 0.621. The highest BCUT2D eigenvalue weighted by atomic mass is 16.5. The molecule has 4 nitrogen and oxygen atoms in total. The molecule has 0 bridgehead atoms. The summed E-state index contributed by atoms with van der Waals surface area (Å²) in [6.07, 6.45) is 4.31. The number of hydrogen-bond donors (Lipinski definition) is 1. The number of ether oxygens (including phenoxy) is 2. The molecule has 1 fully saturated rings. The van der Waals surface area contributed by atoms with E-state index in [9.17, 15) is 4.79 Å². The Bertz CT molecular complexity index is 217. The van der Waals surface area contributed by atoms with Crippen molar-refractivity contribution in [2.24, 2.45) is 5.92 Å². The number of hydrogen-bond acceptors (Lipinski definition) is 4. The summed E-state index contributed by atoms with van der Waals surface area (Å²) in [4.78, 5) is 11.6. The van der Waals surface area contributed by atoms with Gasteiger partial charge in [-0.2, -0.15) is 0 Å². The van der Waals surface area contributed by atoms with Crippen molar-refractivity contribution in [3.8, 4) is 0 Å². The molecule has 1 N–H and O–H groups in total. The molecule has 0 spiro atoms. The monoisotopic (exact) mass is 243 g/mol. The first-order valence-corrected chi connectivity index (χ1v) is 6.75. The van der Waals surface area contributed by atoms with Gasteiger partial charge < -0.3 is 14.8 Å². The van der Waals surface area contributed by atoms with Crippen LogP contribution < -0.4 is 5.32 Å². The molecule has 1 atom stereocenters. The Hall–Kier alpha value is -0.610. The van der Waals surface area contributed by atoms with Gasteiger partial charge in [0.15, 0.2) is 0 Å². The summed E-state index contributed by atoms with van der Waals surface area (Å²) in [6.45, 7) is 6.68. The molecule has 1 saturated carbocycles. The molecule has 0 aromatic rings. The number of esters is 1. The zero-order valence-corrected chi connectivity index (χ0v) is 11.0. The van der Waals surface area contributed by atoms with Crippen molar-refractivity contribution in [3.63, 3.8) is 0 Å². The van der Waals surface area contributed by atoms with E-state index in [4.69, 9.17) is 9.47 Å². The summed E-state index contributed by atoms with van der Waals surface area (Å²) in [5.41, 5.74) is 0. The lowest BCUT2D eigenvalue weighted by molar-refractivity contribution is -0.146. The Morgan fingerprint density at radius 1 is 1.41 bits per heavy atom. The molecule has 1 aliphatic carbocycles. The molecule has 0 aromatic heterocycles. The fourth-order valence-corrected chi connectivity index (χ4v) is 1.60. The van der Waals surface area contributed by atoms with Gasteiger partial charge in [0.2, 0.25) is 0 Å². The van der Waals surface area contributed by atoms with Gasteiger partial charge in [-0.05, 0) is 45.1 Å². The van der Waals surface area contributed by atoms with Crippen LogP contribution in [0.3, 0.4) is 0 Å². The minimum absolute atomic E-state index is 0.157. The first-order chi connectivity index (χ1) is 8.27. The SMILES string of the molecule is CCCNC(CCOCC1CC1)C(=O)OCC. The second-order valence-corrected chi connectivity index (χ2v) is 4.57. The molecule has 4 heteroatoms. The zero-order chi connectivity index (χ0) is 12.5. The number of carbonyl (C=O) groups is 1. The fraction of sp³-hybridized carbons (Fsp3) is 0.923. The lowest BCUT2D eigenvalue weighted by Gasteiger charge is -2.16. The van der Waals surface area contributed by atoms with Crippen molar-refractivity contribution in [3.05, 3.63) is 0 Å². The maximum Gasteiger partial charge on any atom is 0.323 e. The van der Waals surface area contributed by atoms with E-state index >= 15 is 0 Å². The smallest absolute Gasteiger partial charge is 0.323 e. The average Bonchev–Trinajstić information content (AvgIpc) is 3.12. The third-order valence-corrected chi connectivity index (χ3v) is 2.81. The van der Waals surface area contributed by atoms with Crippen LogP contribution >= 0.6 is 0 Å². The van der Waals surface area contributed by atoms with Crippen molar-refractivity contribution in [1.82, 2.24) is 5.32 Å². The zero-order valence-electron chi connectivity index (χ0n) is 11.0. The highest BCUT2D eigenvalue weighted by Crippen LogP contribution is 2.28. The summed E-state index contributed by atoms with van der Waals surface area (Å²) in [6, 6.07) is -0.214. The highest BCUT2D eigenvalue weighted by Gasteiger charge is 2.22. The molecule has 0 heterocycles. The maximum atomic E-state index is 11.6. The number of rotatable bonds is 10. The molecule has 0 amide bonds. The quantitative estimate of drug-likeness (QED) is 0.469. The Labute approximate surface area is 104 Å². The molecule has 1 aliphatic rings. The molecule has 0 aromatic carbocycles. The predicted octanol–water partition coefficient (Wildman–Crippen LogP) is 1.73. The van der Waals surface area contributed by atoms with Crippen molar-refractivity contribution in [1.29, 1.82) is 0 Å². The van der Waals surface area contributed by atoms with Crippen molar-refractivity contribution in [2.75, 3.05) is 26.4 Å². The van der Waals surface area contributed by atoms with Gasteiger partial charge in [-0.15, -0.1) is 0 Å². The molecular weight excluding hydrogens is 218 g/mol. The van der Waals surface area contributed by atoms with Crippen LogP contribution in [0.2, 0.25) is 0 Å². The van der Waals surface area contributed by atoms with E-state index in [1.165, 1.54) is 12.8 Å². The van der Waals surface area contributed by atoms with E-state index < -0.39 is 0 Å². The minimum Gasteiger partial charge on any atom is -0.465 e. The van der Waals surface area contributed by atoms with Crippen LogP contribution in [0.1, 0.15) is 39.5 Å². The Morgan fingerprint density at radius 3 is 2.76 bits per heavy atom. The lowest BCUT2D eigenvalue weighted by atomic mass is 10.2. The summed E-state index contributed by atoms with van der Waals surface area (Å²) in [7, 11) is 0. The second-order valence-electron chi connectivity index (χ2n) is 4.57. The third kappa shape index (κ3) is 6.64.